The van der Waals surface area contributed by atoms with E-state index in [1.54, 1.807) is 6.07 Å². The van der Waals surface area contributed by atoms with Crippen LogP contribution >= 0.6 is 11.6 Å². The van der Waals surface area contributed by atoms with Crippen LogP contribution in [0.4, 0.5) is 11.6 Å². The van der Waals surface area contributed by atoms with Crippen LogP contribution in [0, 0.1) is 6.92 Å². The van der Waals surface area contributed by atoms with Crippen molar-refractivity contribution in [1.29, 1.82) is 0 Å². The van der Waals surface area contributed by atoms with Crippen LogP contribution in [-0.2, 0) is 14.8 Å². The van der Waals surface area contributed by atoms with E-state index in [4.69, 9.17) is 16.3 Å². The number of hydrogen-bond acceptors (Lipinski definition) is 7. The zero-order valence-corrected chi connectivity index (χ0v) is 16.6. The fourth-order valence-corrected chi connectivity index (χ4v) is 3.91. The van der Waals surface area contributed by atoms with E-state index in [-0.39, 0.29) is 11.4 Å². The first-order chi connectivity index (χ1) is 13.0. The fraction of sp³-hybridized carbons (Fsp3) is 0.412. The number of morpholine rings is 1. The number of ether oxygens (including phenoxy) is 1. The summed E-state index contributed by atoms with van der Waals surface area (Å²) in [5, 5.41) is 3.53. The van der Waals surface area contributed by atoms with Gasteiger partial charge in [0.2, 0.25) is 10.0 Å². The molecule has 0 aliphatic carbocycles. The van der Waals surface area contributed by atoms with E-state index >= 15 is 0 Å². The molecule has 0 amide bonds. The van der Waals surface area contributed by atoms with Gasteiger partial charge in [-0.2, -0.15) is 0 Å². The second-order valence-corrected chi connectivity index (χ2v) is 8.27. The summed E-state index contributed by atoms with van der Waals surface area (Å²) in [5.74, 6) is 1.47. The van der Waals surface area contributed by atoms with Crippen LogP contribution < -0.4 is 14.9 Å². The van der Waals surface area contributed by atoms with Gasteiger partial charge in [0.15, 0.2) is 0 Å². The standard InChI is InChI=1S/C17H22ClN5O3S/c1-13-2-3-14(10-15(13)18)27(24,25)22-5-4-19-16-11-17(21-12-20-16)23-6-8-26-9-7-23/h2-3,10-12,22H,4-9H2,1H3,(H,19,20,21). The summed E-state index contributed by atoms with van der Waals surface area (Å²) in [6.45, 7) is 5.35. The van der Waals surface area contributed by atoms with Crippen LogP contribution in [0.3, 0.4) is 0 Å². The number of nitrogens with zero attached hydrogens (tertiary/aromatic N) is 3. The number of nitrogens with one attached hydrogen (secondary N) is 2. The van der Waals surface area contributed by atoms with Gasteiger partial charge in [-0.3, -0.25) is 0 Å². The van der Waals surface area contributed by atoms with Gasteiger partial charge < -0.3 is 15.0 Å². The Labute approximate surface area is 164 Å². The molecule has 0 unspecified atom stereocenters. The second-order valence-electron chi connectivity index (χ2n) is 6.10. The largest absolute Gasteiger partial charge is 0.378 e. The van der Waals surface area contributed by atoms with Gasteiger partial charge >= 0.3 is 0 Å². The minimum atomic E-state index is -3.61. The van der Waals surface area contributed by atoms with Crippen LogP contribution in [0.25, 0.3) is 0 Å². The van der Waals surface area contributed by atoms with Crippen LogP contribution in [0.1, 0.15) is 5.56 Å². The van der Waals surface area contributed by atoms with Gasteiger partial charge in [-0.1, -0.05) is 17.7 Å². The van der Waals surface area contributed by atoms with Gasteiger partial charge in [0.25, 0.3) is 0 Å². The number of halogens is 1. The molecule has 2 aromatic rings. The molecule has 10 heteroatoms. The van der Waals surface area contributed by atoms with E-state index in [1.165, 1.54) is 18.5 Å². The molecule has 1 fully saturated rings. The van der Waals surface area contributed by atoms with E-state index in [0.29, 0.717) is 30.6 Å². The molecule has 0 saturated carbocycles. The van der Waals surface area contributed by atoms with Crippen molar-refractivity contribution in [3.8, 4) is 0 Å². The van der Waals surface area contributed by atoms with Gasteiger partial charge in [-0.05, 0) is 24.6 Å². The minimum absolute atomic E-state index is 0.148. The number of hydrogen-bond donors (Lipinski definition) is 2. The first kappa shape index (κ1) is 19.8. The fourth-order valence-electron chi connectivity index (χ4n) is 2.61. The summed E-state index contributed by atoms with van der Waals surface area (Å²) in [6.07, 6.45) is 1.49. The average molecular weight is 412 g/mol. The topological polar surface area (TPSA) is 96.5 Å². The molecule has 8 nitrogen and oxygen atoms in total. The van der Waals surface area contributed by atoms with Gasteiger partial charge in [-0.25, -0.2) is 23.1 Å². The van der Waals surface area contributed by atoms with Crippen molar-refractivity contribution in [1.82, 2.24) is 14.7 Å². The SMILES string of the molecule is Cc1ccc(S(=O)(=O)NCCNc2cc(N3CCOCC3)ncn2)cc1Cl. The predicted molar refractivity (Wildman–Crippen MR) is 105 cm³/mol. The van der Waals surface area contributed by atoms with Gasteiger partial charge in [0.1, 0.15) is 18.0 Å². The van der Waals surface area contributed by atoms with E-state index in [2.05, 4.69) is 24.9 Å². The lowest BCUT2D eigenvalue weighted by Gasteiger charge is -2.27. The zero-order chi connectivity index (χ0) is 19.3. The van der Waals surface area contributed by atoms with E-state index in [1.807, 2.05) is 13.0 Å². The first-order valence-corrected chi connectivity index (χ1v) is 10.5. The number of sulfonamides is 1. The van der Waals surface area contributed by atoms with Crippen molar-refractivity contribution in [2.24, 2.45) is 0 Å². The van der Waals surface area contributed by atoms with Crippen molar-refractivity contribution >= 4 is 33.3 Å². The quantitative estimate of drug-likeness (QED) is 0.669. The molecule has 2 N–H and O–H groups in total. The first-order valence-electron chi connectivity index (χ1n) is 8.60. The summed E-state index contributed by atoms with van der Waals surface area (Å²) in [5.41, 5.74) is 0.831. The zero-order valence-electron chi connectivity index (χ0n) is 15.0. The van der Waals surface area contributed by atoms with Gasteiger partial charge in [0, 0.05) is 37.3 Å². The summed E-state index contributed by atoms with van der Waals surface area (Å²) in [4.78, 5) is 10.7. The van der Waals surface area contributed by atoms with E-state index in [9.17, 15) is 8.42 Å². The molecular weight excluding hydrogens is 390 g/mol. The van der Waals surface area contributed by atoms with E-state index < -0.39 is 10.0 Å². The number of rotatable bonds is 7. The van der Waals surface area contributed by atoms with Crippen molar-refractivity contribution in [3.63, 3.8) is 0 Å². The Morgan fingerprint density at radius 3 is 2.70 bits per heavy atom. The van der Waals surface area contributed by atoms with Crippen molar-refractivity contribution in [2.45, 2.75) is 11.8 Å². The smallest absolute Gasteiger partial charge is 0.240 e. The third-order valence-corrected chi connectivity index (χ3v) is 6.03. The monoisotopic (exact) mass is 411 g/mol. The number of aryl methyl sites for hydroxylation is 1. The molecule has 1 saturated heterocycles. The maximum Gasteiger partial charge on any atom is 0.240 e. The Hall–Kier alpha value is -1.94. The normalized spacial score (nSPS) is 15.0. The molecule has 1 aliphatic rings. The summed E-state index contributed by atoms with van der Waals surface area (Å²) >= 11 is 6.01. The molecule has 3 rings (SSSR count). The Kier molecular flexibility index (Phi) is 6.48. The third-order valence-electron chi connectivity index (χ3n) is 4.16. The summed E-state index contributed by atoms with van der Waals surface area (Å²) in [6, 6.07) is 6.52. The Morgan fingerprint density at radius 2 is 1.96 bits per heavy atom. The van der Waals surface area contributed by atoms with Gasteiger partial charge in [-0.15, -0.1) is 0 Å². The molecule has 2 heterocycles. The molecule has 0 atom stereocenters. The Morgan fingerprint density at radius 1 is 1.19 bits per heavy atom. The molecule has 0 radical (unpaired) electrons. The van der Waals surface area contributed by atoms with Crippen LogP contribution in [-0.4, -0.2) is 57.8 Å². The molecule has 0 bridgehead atoms. The molecule has 27 heavy (non-hydrogen) atoms. The minimum Gasteiger partial charge on any atom is -0.378 e. The van der Waals surface area contributed by atoms with Crippen LogP contribution in [0.5, 0.6) is 0 Å². The van der Waals surface area contributed by atoms with Crippen LogP contribution in [0.2, 0.25) is 5.02 Å². The highest BCUT2D eigenvalue weighted by atomic mass is 35.5. The van der Waals surface area contributed by atoms with Crippen LogP contribution in [0.15, 0.2) is 35.5 Å². The van der Waals surface area contributed by atoms with Gasteiger partial charge in [0.05, 0.1) is 18.1 Å². The molecule has 0 spiro atoms. The third kappa shape index (κ3) is 5.29. The average Bonchev–Trinajstić information content (AvgIpc) is 2.68. The maximum absolute atomic E-state index is 12.3. The maximum atomic E-state index is 12.3. The highest BCUT2D eigenvalue weighted by Crippen LogP contribution is 2.20. The summed E-state index contributed by atoms with van der Waals surface area (Å²) in [7, 11) is -3.61. The summed E-state index contributed by atoms with van der Waals surface area (Å²) < 4.78 is 32.5. The second kappa shape index (κ2) is 8.83. The Balaban J connectivity index is 1.53. The molecule has 1 aromatic heterocycles. The molecule has 1 aromatic carbocycles. The molecule has 146 valence electrons. The van der Waals surface area contributed by atoms with Crippen molar-refractivity contribution in [2.75, 3.05) is 49.6 Å². The number of benzene rings is 1. The lowest BCUT2D eigenvalue weighted by atomic mass is 10.2. The number of anilines is 2. The number of aromatic nitrogens is 2. The highest BCUT2D eigenvalue weighted by Gasteiger charge is 2.15. The Bertz CT molecular complexity index is 888. The predicted octanol–water partition coefficient (Wildman–Crippen LogP) is 1.67. The highest BCUT2D eigenvalue weighted by molar-refractivity contribution is 7.89. The van der Waals surface area contributed by atoms with Crippen molar-refractivity contribution in [3.05, 3.63) is 41.2 Å². The lowest BCUT2D eigenvalue weighted by molar-refractivity contribution is 0.122. The van der Waals surface area contributed by atoms with Crippen molar-refractivity contribution < 1.29 is 13.2 Å². The lowest BCUT2D eigenvalue weighted by Crippen LogP contribution is -2.36. The van der Waals surface area contributed by atoms with E-state index in [0.717, 1.165) is 24.5 Å². The molecule has 1 aliphatic heterocycles. The molecular formula is C17H22ClN5O3S.